The van der Waals surface area contributed by atoms with Gasteiger partial charge in [-0.15, -0.1) is 0 Å². The van der Waals surface area contributed by atoms with E-state index < -0.39 is 5.24 Å². The average molecular weight is 323 g/mol. The second-order valence-corrected chi connectivity index (χ2v) is 7.89. The van der Waals surface area contributed by atoms with E-state index in [-0.39, 0.29) is 6.61 Å². The Bertz CT molecular complexity index is 511. The third-order valence-corrected chi connectivity index (χ3v) is 6.44. The van der Waals surface area contributed by atoms with E-state index in [9.17, 15) is 4.79 Å². The van der Waals surface area contributed by atoms with Crippen molar-refractivity contribution in [3.63, 3.8) is 0 Å². The molecule has 3 atom stereocenters. The third kappa shape index (κ3) is 3.32. The highest BCUT2D eigenvalue weighted by atomic mass is 35.5. The van der Waals surface area contributed by atoms with E-state index in [4.69, 9.17) is 16.3 Å². The maximum absolute atomic E-state index is 10.3. The molecule has 0 radical (unpaired) electrons. The highest BCUT2D eigenvalue weighted by Gasteiger charge is 2.59. The monoisotopic (exact) mass is 322 g/mol. The number of ether oxygens (including phenoxy) is 1. The first kappa shape index (κ1) is 17.3. The minimum atomic E-state index is -0.492. The topological polar surface area (TPSA) is 26.3 Å². The molecular weight excluding hydrogens is 296 g/mol. The predicted molar refractivity (Wildman–Crippen MR) is 91.2 cm³/mol. The summed E-state index contributed by atoms with van der Waals surface area (Å²) in [4.78, 5) is 10.3. The molecule has 0 spiro atoms. The fraction of sp³-hybridized carbons (Fsp3) is 0.632. The molecule has 2 fully saturated rings. The summed E-state index contributed by atoms with van der Waals surface area (Å²) >= 11 is 5.06. The Hall–Kier alpha value is -1.02. The highest BCUT2D eigenvalue weighted by Crippen LogP contribution is 2.67. The maximum Gasteiger partial charge on any atom is 0.259 e. The quantitative estimate of drug-likeness (QED) is 0.706. The molecule has 0 aliphatic heterocycles. The fourth-order valence-electron chi connectivity index (χ4n) is 4.26. The molecule has 0 N–H and O–H groups in total. The van der Waals surface area contributed by atoms with Gasteiger partial charge in [0.05, 0.1) is 0 Å². The van der Waals surface area contributed by atoms with Crippen LogP contribution in [0.25, 0.3) is 0 Å². The van der Waals surface area contributed by atoms with Gasteiger partial charge in [-0.1, -0.05) is 45.9 Å². The first-order valence-corrected chi connectivity index (χ1v) is 8.51. The van der Waals surface area contributed by atoms with Gasteiger partial charge < -0.3 is 4.74 Å². The minimum absolute atomic E-state index is 0.0778. The van der Waals surface area contributed by atoms with Crippen molar-refractivity contribution in [3.05, 3.63) is 30.3 Å². The molecule has 3 heteroatoms. The van der Waals surface area contributed by atoms with Crippen LogP contribution in [0.2, 0.25) is 0 Å². The van der Waals surface area contributed by atoms with Crippen LogP contribution < -0.4 is 4.74 Å². The Morgan fingerprint density at radius 1 is 1.27 bits per heavy atom. The van der Waals surface area contributed by atoms with Gasteiger partial charge in [0.2, 0.25) is 0 Å². The van der Waals surface area contributed by atoms with Crippen molar-refractivity contribution in [2.45, 2.75) is 47.0 Å². The molecule has 0 aromatic heterocycles. The van der Waals surface area contributed by atoms with Gasteiger partial charge in [0.15, 0.2) is 6.61 Å². The van der Waals surface area contributed by atoms with Crippen LogP contribution in [0.4, 0.5) is 0 Å². The van der Waals surface area contributed by atoms with Gasteiger partial charge >= 0.3 is 0 Å². The van der Waals surface area contributed by atoms with Crippen molar-refractivity contribution in [3.8, 4) is 5.75 Å². The lowest BCUT2D eigenvalue weighted by molar-refractivity contribution is -0.113. The van der Waals surface area contributed by atoms with Crippen LogP contribution in [0.5, 0.6) is 5.75 Å². The molecule has 22 heavy (non-hydrogen) atoms. The lowest BCUT2D eigenvalue weighted by atomic mass is 9.67. The molecule has 1 aromatic carbocycles. The van der Waals surface area contributed by atoms with Gasteiger partial charge in [0, 0.05) is 0 Å². The molecule has 2 saturated carbocycles. The van der Waals surface area contributed by atoms with Crippen LogP contribution in [0.1, 0.15) is 47.0 Å². The standard InChI is InChI=1S/C11H20.C8H7ClO2/c1-8-7-9-5-6-11(8,4)10(9,2)3;9-8(10)6-11-7-4-2-1-3-5-7/h8-9H,5-7H2,1-4H3;1-5H,6H2. The van der Waals surface area contributed by atoms with Crippen LogP contribution in [-0.4, -0.2) is 11.8 Å². The number of fused-ring (bicyclic) bond motifs is 2. The normalized spacial score (nSPS) is 31.3. The van der Waals surface area contributed by atoms with Crippen molar-refractivity contribution in [1.82, 2.24) is 0 Å². The van der Waals surface area contributed by atoms with E-state index in [1.807, 2.05) is 18.2 Å². The van der Waals surface area contributed by atoms with E-state index in [1.165, 1.54) is 19.3 Å². The molecule has 2 bridgehead atoms. The first-order chi connectivity index (χ1) is 10.3. The number of benzene rings is 1. The Morgan fingerprint density at radius 3 is 2.27 bits per heavy atom. The van der Waals surface area contributed by atoms with Crippen LogP contribution in [0, 0.1) is 22.7 Å². The van der Waals surface area contributed by atoms with Crippen LogP contribution in [0.3, 0.4) is 0 Å². The van der Waals surface area contributed by atoms with Gasteiger partial charge in [-0.05, 0) is 65.7 Å². The molecule has 122 valence electrons. The van der Waals surface area contributed by atoms with Gasteiger partial charge in [-0.2, -0.15) is 0 Å². The number of hydrogen-bond donors (Lipinski definition) is 0. The highest BCUT2D eigenvalue weighted by molar-refractivity contribution is 6.63. The molecule has 2 aliphatic rings. The summed E-state index contributed by atoms with van der Waals surface area (Å²) in [5.74, 6) is 2.65. The zero-order valence-corrected chi connectivity index (χ0v) is 14.8. The number of para-hydroxylation sites is 1. The largest absolute Gasteiger partial charge is 0.484 e. The minimum Gasteiger partial charge on any atom is -0.484 e. The van der Waals surface area contributed by atoms with Gasteiger partial charge in [-0.3, -0.25) is 4.79 Å². The summed E-state index contributed by atoms with van der Waals surface area (Å²) in [6, 6.07) is 9.05. The average Bonchev–Trinajstić information content (AvgIpc) is 2.80. The van der Waals surface area contributed by atoms with Crippen molar-refractivity contribution in [2.75, 3.05) is 6.61 Å². The molecule has 0 heterocycles. The summed E-state index contributed by atoms with van der Waals surface area (Å²) in [5, 5.41) is -0.492. The maximum atomic E-state index is 10.3. The van der Waals surface area contributed by atoms with E-state index in [2.05, 4.69) is 27.7 Å². The number of carbonyl (C=O) groups excluding carboxylic acids is 1. The van der Waals surface area contributed by atoms with Gasteiger partial charge in [0.1, 0.15) is 5.75 Å². The lowest BCUT2D eigenvalue weighted by Gasteiger charge is -2.37. The first-order valence-electron chi connectivity index (χ1n) is 8.13. The third-order valence-electron chi connectivity index (χ3n) is 6.33. The summed E-state index contributed by atoms with van der Waals surface area (Å²) in [6.45, 7) is 9.83. The van der Waals surface area contributed by atoms with E-state index in [0.717, 1.165) is 11.8 Å². The number of rotatable bonds is 3. The molecule has 2 aliphatic carbocycles. The molecule has 0 saturated heterocycles. The number of halogens is 1. The molecule has 3 rings (SSSR count). The summed E-state index contributed by atoms with van der Waals surface area (Å²) in [5.41, 5.74) is 1.30. The van der Waals surface area contributed by atoms with Crippen molar-refractivity contribution >= 4 is 16.8 Å². The second kappa shape index (κ2) is 6.62. The van der Waals surface area contributed by atoms with Gasteiger partial charge in [-0.25, -0.2) is 0 Å². The smallest absolute Gasteiger partial charge is 0.259 e. The predicted octanol–water partition coefficient (Wildman–Crippen LogP) is 5.30. The van der Waals surface area contributed by atoms with Crippen molar-refractivity contribution < 1.29 is 9.53 Å². The second-order valence-electron chi connectivity index (χ2n) is 7.47. The Morgan fingerprint density at radius 2 is 1.91 bits per heavy atom. The Labute approximate surface area is 139 Å². The fourth-order valence-corrected chi connectivity index (χ4v) is 4.32. The summed E-state index contributed by atoms with van der Waals surface area (Å²) in [7, 11) is 0. The van der Waals surface area contributed by atoms with E-state index >= 15 is 0 Å². The number of carbonyl (C=O) groups is 1. The molecule has 3 unspecified atom stereocenters. The molecule has 0 amide bonds. The van der Waals surface area contributed by atoms with Crippen LogP contribution >= 0.6 is 11.6 Å². The Kier molecular flexibility index (Phi) is 5.21. The van der Waals surface area contributed by atoms with Crippen LogP contribution in [0.15, 0.2) is 30.3 Å². The van der Waals surface area contributed by atoms with Gasteiger partial charge in [0.25, 0.3) is 5.24 Å². The summed E-state index contributed by atoms with van der Waals surface area (Å²) < 4.78 is 4.99. The SMILES string of the molecule is CC1CC2CCC1(C)C2(C)C.O=C(Cl)COc1ccccc1. The lowest BCUT2D eigenvalue weighted by Crippen LogP contribution is -2.30. The molecular formula is C19H27ClO2. The van der Waals surface area contributed by atoms with Crippen molar-refractivity contribution in [1.29, 1.82) is 0 Å². The van der Waals surface area contributed by atoms with E-state index in [1.54, 1.807) is 12.1 Å². The number of hydrogen-bond acceptors (Lipinski definition) is 2. The summed E-state index contributed by atoms with van der Waals surface area (Å²) in [6.07, 6.45) is 4.46. The Balaban J connectivity index is 0.000000160. The van der Waals surface area contributed by atoms with E-state index in [0.29, 0.717) is 16.6 Å². The molecule has 2 nitrogen and oxygen atoms in total. The zero-order valence-electron chi connectivity index (χ0n) is 14.1. The molecule has 1 aromatic rings. The van der Waals surface area contributed by atoms with Crippen LogP contribution in [-0.2, 0) is 4.79 Å². The van der Waals surface area contributed by atoms with Crippen molar-refractivity contribution in [2.24, 2.45) is 22.7 Å². The zero-order chi connectivity index (χ0) is 16.4.